The summed E-state index contributed by atoms with van der Waals surface area (Å²) in [6, 6.07) is 16.1. The van der Waals surface area contributed by atoms with Crippen LogP contribution in [0.15, 0.2) is 79.3 Å². The highest BCUT2D eigenvalue weighted by Crippen LogP contribution is 2.28. The number of carbonyl (C=O) groups excluding carboxylic acids is 1. The van der Waals surface area contributed by atoms with Crippen LogP contribution in [0.1, 0.15) is 21.9 Å². The Balaban J connectivity index is 1.43. The number of carboxylic acids is 1. The topological polar surface area (TPSA) is 106 Å². The van der Waals surface area contributed by atoms with Gasteiger partial charge in [-0.05, 0) is 52.3 Å². The van der Waals surface area contributed by atoms with Crippen molar-refractivity contribution in [2.45, 2.75) is 6.54 Å². The van der Waals surface area contributed by atoms with Crippen LogP contribution in [0.4, 0.5) is 0 Å². The summed E-state index contributed by atoms with van der Waals surface area (Å²) in [5, 5.41) is 14.0. The molecule has 33 heavy (non-hydrogen) atoms. The van der Waals surface area contributed by atoms with E-state index in [-0.39, 0.29) is 12.4 Å². The lowest BCUT2D eigenvalue weighted by Gasteiger charge is -2.07. The molecule has 0 aliphatic rings. The SMILES string of the molecule is O=C(COc1ccc(Br)cc1Br)N/N=C/c1cn(Cc2ccc(C(=O)O)o2)c2ccccc12. The molecule has 0 aliphatic carbocycles. The Hall–Kier alpha value is -3.37. The molecule has 0 radical (unpaired) electrons. The van der Waals surface area contributed by atoms with Crippen LogP contribution in [0, 0.1) is 0 Å². The number of halogens is 2. The molecule has 4 aromatic rings. The molecule has 0 bridgehead atoms. The minimum Gasteiger partial charge on any atom is -0.483 e. The molecule has 2 heterocycles. The molecular weight excluding hydrogens is 558 g/mol. The summed E-state index contributed by atoms with van der Waals surface area (Å²) in [5.41, 5.74) is 4.16. The van der Waals surface area contributed by atoms with Crippen molar-refractivity contribution in [2.75, 3.05) is 6.61 Å². The summed E-state index contributed by atoms with van der Waals surface area (Å²) in [5.74, 6) is -0.561. The lowest BCUT2D eigenvalue weighted by molar-refractivity contribution is -0.123. The molecule has 2 N–H and O–H groups in total. The molecule has 0 atom stereocenters. The first-order valence-corrected chi connectivity index (χ1v) is 11.3. The highest BCUT2D eigenvalue weighted by molar-refractivity contribution is 9.11. The molecule has 8 nitrogen and oxygen atoms in total. The number of aromatic nitrogens is 1. The van der Waals surface area contributed by atoms with Gasteiger partial charge in [-0.3, -0.25) is 4.79 Å². The van der Waals surface area contributed by atoms with Crippen LogP contribution in [-0.4, -0.2) is 34.4 Å². The molecule has 0 fully saturated rings. The van der Waals surface area contributed by atoms with Crippen molar-refractivity contribution in [3.05, 3.63) is 86.8 Å². The largest absolute Gasteiger partial charge is 0.483 e. The third-order valence-electron chi connectivity index (χ3n) is 4.66. The number of hydrogen-bond acceptors (Lipinski definition) is 5. The highest BCUT2D eigenvalue weighted by atomic mass is 79.9. The summed E-state index contributed by atoms with van der Waals surface area (Å²) in [6.07, 6.45) is 3.41. The van der Waals surface area contributed by atoms with Gasteiger partial charge in [-0.2, -0.15) is 5.10 Å². The van der Waals surface area contributed by atoms with Crippen LogP contribution in [0.5, 0.6) is 5.75 Å². The first-order valence-electron chi connectivity index (χ1n) is 9.70. The van der Waals surface area contributed by atoms with E-state index in [4.69, 9.17) is 14.3 Å². The standard InChI is InChI=1S/C23H17Br2N3O5/c24-15-5-7-20(18(25)9-15)32-13-22(29)27-26-10-14-11-28(19-4-2-1-3-17(14)19)12-16-6-8-21(33-16)23(30)31/h1-11H,12-13H2,(H,27,29)(H,30,31)/b26-10+. The second-order valence-corrected chi connectivity index (χ2v) is 8.73. The number of rotatable bonds is 8. The number of furan rings is 1. The van der Waals surface area contributed by atoms with E-state index in [0.29, 0.717) is 18.1 Å². The number of nitrogens with one attached hydrogen (secondary N) is 1. The summed E-state index contributed by atoms with van der Waals surface area (Å²) in [6.45, 7) is 0.160. The van der Waals surface area contributed by atoms with Gasteiger partial charge in [0.15, 0.2) is 6.61 Å². The summed E-state index contributed by atoms with van der Waals surface area (Å²) in [4.78, 5) is 23.2. The van der Waals surface area contributed by atoms with Gasteiger partial charge in [0, 0.05) is 27.1 Å². The van der Waals surface area contributed by atoms with E-state index >= 15 is 0 Å². The molecule has 0 spiro atoms. The van der Waals surface area contributed by atoms with Crippen LogP contribution in [0.3, 0.4) is 0 Å². The quantitative estimate of drug-likeness (QED) is 0.227. The second-order valence-electron chi connectivity index (χ2n) is 6.96. The van der Waals surface area contributed by atoms with Crippen LogP contribution in [0.25, 0.3) is 10.9 Å². The van der Waals surface area contributed by atoms with Crippen molar-refractivity contribution < 1.29 is 23.8 Å². The van der Waals surface area contributed by atoms with Crippen molar-refractivity contribution in [1.29, 1.82) is 0 Å². The first-order chi connectivity index (χ1) is 15.9. The van der Waals surface area contributed by atoms with Crippen molar-refractivity contribution in [1.82, 2.24) is 9.99 Å². The van der Waals surface area contributed by atoms with Crippen molar-refractivity contribution >= 4 is 60.9 Å². The van der Waals surface area contributed by atoms with Gasteiger partial charge in [-0.25, -0.2) is 10.2 Å². The first kappa shape index (κ1) is 22.8. The van der Waals surface area contributed by atoms with Crippen LogP contribution < -0.4 is 10.2 Å². The Morgan fingerprint density at radius 2 is 1.97 bits per heavy atom. The minimum absolute atomic E-state index is 0.108. The Morgan fingerprint density at radius 3 is 2.73 bits per heavy atom. The van der Waals surface area contributed by atoms with E-state index in [1.54, 1.807) is 18.3 Å². The lowest BCUT2D eigenvalue weighted by atomic mass is 10.2. The normalized spacial score (nSPS) is 11.2. The van der Waals surface area contributed by atoms with Gasteiger partial charge in [0.05, 0.1) is 17.2 Å². The van der Waals surface area contributed by atoms with Gasteiger partial charge >= 0.3 is 5.97 Å². The fourth-order valence-corrected chi connectivity index (χ4v) is 4.36. The average molecular weight is 575 g/mol. The predicted molar refractivity (Wildman–Crippen MR) is 130 cm³/mol. The Bertz CT molecular complexity index is 1360. The lowest BCUT2D eigenvalue weighted by Crippen LogP contribution is -2.24. The van der Waals surface area contributed by atoms with Gasteiger partial charge in [0.2, 0.25) is 5.76 Å². The van der Waals surface area contributed by atoms with Gasteiger partial charge in [0.1, 0.15) is 11.5 Å². The molecule has 10 heteroatoms. The molecular formula is C23H17Br2N3O5. The van der Waals surface area contributed by atoms with E-state index in [1.165, 1.54) is 6.07 Å². The molecule has 0 saturated heterocycles. The fourth-order valence-electron chi connectivity index (χ4n) is 3.20. The predicted octanol–water partition coefficient (Wildman–Crippen LogP) is 5.03. The second kappa shape index (κ2) is 10.1. The number of hydrogen-bond donors (Lipinski definition) is 2. The van der Waals surface area contributed by atoms with Crippen molar-refractivity contribution in [3.63, 3.8) is 0 Å². The summed E-state index contributed by atoms with van der Waals surface area (Å²) >= 11 is 6.75. The molecule has 2 aromatic heterocycles. The Kier molecular flexibility index (Phi) is 6.95. The smallest absolute Gasteiger partial charge is 0.371 e. The van der Waals surface area contributed by atoms with Gasteiger partial charge < -0.3 is 18.8 Å². The molecule has 2 aromatic carbocycles. The zero-order valence-corrected chi connectivity index (χ0v) is 20.2. The number of benzene rings is 2. The third-order valence-corrected chi connectivity index (χ3v) is 5.78. The molecule has 1 amide bonds. The highest BCUT2D eigenvalue weighted by Gasteiger charge is 2.12. The fraction of sp³-hybridized carbons (Fsp3) is 0.0870. The maximum atomic E-state index is 12.1. The number of aromatic carboxylic acids is 1. The Labute approximate surface area is 205 Å². The van der Waals surface area contributed by atoms with Gasteiger partial charge in [0.25, 0.3) is 5.91 Å². The number of carboxylic acid groups (broad SMARTS) is 1. The Morgan fingerprint density at radius 1 is 1.15 bits per heavy atom. The van der Waals surface area contributed by atoms with E-state index < -0.39 is 11.9 Å². The van der Waals surface area contributed by atoms with Crippen LogP contribution >= 0.6 is 31.9 Å². The zero-order valence-electron chi connectivity index (χ0n) is 17.0. The number of para-hydroxylation sites is 1. The van der Waals surface area contributed by atoms with Crippen LogP contribution in [-0.2, 0) is 11.3 Å². The molecule has 4 rings (SSSR count). The van der Waals surface area contributed by atoms with Crippen molar-refractivity contribution in [2.24, 2.45) is 5.10 Å². The maximum absolute atomic E-state index is 12.1. The third kappa shape index (κ3) is 5.52. The summed E-state index contributed by atoms with van der Waals surface area (Å²) < 4.78 is 14.4. The molecule has 168 valence electrons. The number of ether oxygens (including phenoxy) is 1. The maximum Gasteiger partial charge on any atom is 0.371 e. The molecule has 0 saturated carbocycles. The number of amides is 1. The number of hydrazone groups is 1. The van der Waals surface area contributed by atoms with E-state index in [0.717, 1.165) is 25.4 Å². The number of fused-ring (bicyclic) bond motifs is 1. The molecule has 0 aliphatic heterocycles. The molecule has 0 unspecified atom stereocenters. The van der Waals surface area contributed by atoms with E-state index in [2.05, 4.69) is 42.4 Å². The van der Waals surface area contributed by atoms with E-state index in [9.17, 15) is 9.59 Å². The van der Waals surface area contributed by atoms with Crippen molar-refractivity contribution in [3.8, 4) is 5.75 Å². The minimum atomic E-state index is -1.11. The van der Waals surface area contributed by atoms with Crippen LogP contribution in [0.2, 0.25) is 0 Å². The van der Waals surface area contributed by atoms with Gasteiger partial charge in [-0.15, -0.1) is 0 Å². The summed E-state index contributed by atoms with van der Waals surface area (Å²) in [7, 11) is 0. The average Bonchev–Trinajstić information content (AvgIpc) is 3.39. The number of nitrogens with zero attached hydrogens (tertiary/aromatic N) is 2. The zero-order chi connectivity index (χ0) is 23.4. The monoisotopic (exact) mass is 573 g/mol. The van der Waals surface area contributed by atoms with Gasteiger partial charge in [-0.1, -0.05) is 34.1 Å². The number of carbonyl (C=O) groups is 2. The van der Waals surface area contributed by atoms with E-state index in [1.807, 2.05) is 47.2 Å².